The van der Waals surface area contributed by atoms with Crippen molar-refractivity contribution in [2.75, 3.05) is 20.1 Å². The molecule has 1 rings (SSSR count). The van der Waals surface area contributed by atoms with Gasteiger partial charge in [-0.2, -0.15) is 0 Å². The lowest BCUT2D eigenvalue weighted by Gasteiger charge is -2.18. The molecule has 1 aromatic rings. The summed E-state index contributed by atoms with van der Waals surface area (Å²) < 4.78 is 0. The first-order valence-corrected chi connectivity index (χ1v) is 6.30. The zero-order valence-corrected chi connectivity index (χ0v) is 11.8. The van der Waals surface area contributed by atoms with Crippen LogP contribution in [0.3, 0.4) is 0 Å². The van der Waals surface area contributed by atoms with Gasteiger partial charge < -0.3 is 10.2 Å². The zero-order chi connectivity index (χ0) is 13.5. The normalized spacial score (nSPS) is 10.2. The van der Waals surface area contributed by atoms with E-state index in [1.165, 1.54) is 0 Å². The van der Waals surface area contributed by atoms with Gasteiger partial charge in [0.05, 0.1) is 16.6 Å². The Morgan fingerprint density at radius 3 is 2.89 bits per heavy atom. The Hall–Kier alpha value is -1.03. The molecule has 0 aliphatic rings. The molecule has 0 spiro atoms. The van der Waals surface area contributed by atoms with E-state index < -0.39 is 0 Å². The third-order valence-electron chi connectivity index (χ3n) is 2.43. The van der Waals surface area contributed by atoms with Gasteiger partial charge in [0.1, 0.15) is 0 Å². The topological polar surface area (TPSA) is 32.3 Å². The van der Waals surface area contributed by atoms with E-state index in [9.17, 15) is 4.79 Å². The fraction of sp³-hybridized carbons (Fsp3) is 0.308. The number of nitrogens with zero attached hydrogens (tertiary/aromatic N) is 1. The minimum Gasteiger partial charge on any atom is -0.340 e. The number of likely N-dealkylation sites (N-methyl/N-ethyl adjacent to an activating group) is 1. The lowest BCUT2D eigenvalue weighted by Crippen LogP contribution is -2.35. The lowest BCUT2D eigenvalue weighted by molar-refractivity contribution is -0.129. The average Bonchev–Trinajstić information content (AvgIpc) is 2.35. The Balaban J connectivity index is 2.58. The van der Waals surface area contributed by atoms with Crippen LogP contribution in [0.25, 0.3) is 0 Å². The van der Waals surface area contributed by atoms with Crippen molar-refractivity contribution >= 4 is 29.1 Å². The molecule has 0 aliphatic carbocycles. The molecule has 98 valence electrons. The van der Waals surface area contributed by atoms with Crippen LogP contribution in [0.4, 0.5) is 0 Å². The maximum atomic E-state index is 11.8. The SMILES string of the molecule is C=CCNCC(=O)N(C)Cc1cccc(Cl)c1Cl. The second-order valence-electron chi connectivity index (χ2n) is 3.88. The molecule has 3 nitrogen and oxygen atoms in total. The Bertz CT molecular complexity index is 435. The lowest BCUT2D eigenvalue weighted by atomic mass is 10.2. The van der Waals surface area contributed by atoms with E-state index in [2.05, 4.69) is 11.9 Å². The quantitative estimate of drug-likeness (QED) is 0.644. The van der Waals surface area contributed by atoms with Gasteiger partial charge in [-0.25, -0.2) is 0 Å². The van der Waals surface area contributed by atoms with Gasteiger partial charge in [-0.3, -0.25) is 4.79 Å². The molecular formula is C13H16Cl2N2O. The van der Waals surface area contributed by atoms with E-state index in [1.807, 2.05) is 12.1 Å². The van der Waals surface area contributed by atoms with E-state index >= 15 is 0 Å². The third-order valence-corrected chi connectivity index (χ3v) is 3.29. The second-order valence-corrected chi connectivity index (χ2v) is 4.67. The Morgan fingerprint density at radius 1 is 1.50 bits per heavy atom. The summed E-state index contributed by atoms with van der Waals surface area (Å²) in [5.74, 6) is -0.00658. The molecule has 1 N–H and O–H groups in total. The Morgan fingerprint density at radius 2 is 2.22 bits per heavy atom. The fourth-order valence-corrected chi connectivity index (χ4v) is 1.81. The molecule has 0 bridgehead atoms. The van der Waals surface area contributed by atoms with Crippen LogP contribution in [-0.2, 0) is 11.3 Å². The molecular weight excluding hydrogens is 271 g/mol. The number of carbonyl (C=O) groups excluding carboxylic acids is 1. The largest absolute Gasteiger partial charge is 0.340 e. The molecule has 0 aliphatic heterocycles. The summed E-state index contributed by atoms with van der Waals surface area (Å²) >= 11 is 12.0. The summed E-state index contributed by atoms with van der Waals surface area (Å²) in [6.45, 7) is 4.90. The minimum atomic E-state index is -0.00658. The van der Waals surface area contributed by atoms with Crippen molar-refractivity contribution < 1.29 is 4.79 Å². The van der Waals surface area contributed by atoms with Crippen LogP contribution in [0.2, 0.25) is 10.0 Å². The molecule has 0 unspecified atom stereocenters. The summed E-state index contributed by atoms with van der Waals surface area (Å²) in [4.78, 5) is 13.4. The number of hydrogen-bond acceptors (Lipinski definition) is 2. The van der Waals surface area contributed by atoms with E-state index in [1.54, 1.807) is 24.1 Å². The number of nitrogens with one attached hydrogen (secondary N) is 1. The van der Waals surface area contributed by atoms with Gasteiger partial charge in [-0.15, -0.1) is 6.58 Å². The highest BCUT2D eigenvalue weighted by molar-refractivity contribution is 6.42. The van der Waals surface area contributed by atoms with Gasteiger partial charge in [0.15, 0.2) is 0 Å². The van der Waals surface area contributed by atoms with E-state index in [-0.39, 0.29) is 12.5 Å². The molecule has 0 fully saturated rings. The fourth-order valence-electron chi connectivity index (χ4n) is 1.43. The molecule has 18 heavy (non-hydrogen) atoms. The smallest absolute Gasteiger partial charge is 0.236 e. The zero-order valence-electron chi connectivity index (χ0n) is 10.2. The van der Waals surface area contributed by atoms with E-state index in [0.29, 0.717) is 23.1 Å². The summed E-state index contributed by atoms with van der Waals surface area (Å²) in [5.41, 5.74) is 0.837. The number of benzene rings is 1. The molecule has 5 heteroatoms. The van der Waals surface area contributed by atoms with Crippen molar-refractivity contribution in [1.82, 2.24) is 10.2 Å². The molecule has 0 saturated heterocycles. The second kappa shape index (κ2) is 7.41. The Labute approximate surface area is 117 Å². The highest BCUT2D eigenvalue weighted by atomic mass is 35.5. The first-order chi connectivity index (χ1) is 8.56. The summed E-state index contributed by atoms with van der Waals surface area (Å²) in [6.07, 6.45) is 1.71. The van der Waals surface area contributed by atoms with Crippen LogP contribution < -0.4 is 5.32 Å². The molecule has 1 amide bonds. The molecule has 0 aromatic heterocycles. The first-order valence-electron chi connectivity index (χ1n) is 5.54. The van der Waals surface area contributed by atoms with E-state index in [4.69, 9.17) is 23.2 Å². The van der Waals surface area contributed by atoms with Gasteiger partial charge in [-0.05, 0) is 11.6 Å². The van der Waals surface area contributed by atoms with E-state index in [0.717, 1.165) is 5.56 Å². The number of carbonyl (C=O) groups is 1. The average molecular weight is 287 g/mol. The predicted octanol–water partition coefficient (Wildman–Crippen LogP) is 2.73. The van der Waals surface area contributed by atoms with Crippen molar-refractivity contribution in [3.8, 4) is 0 Å². The van der Waals surface area contributed by atoms with Crippen LogP contribution in [0.1, 0.15) is 5.56 Å². The highest BCUT2D eigenvalue weighted by Crippen LogP contribution is 2.26. The van der Waals surface area contributed by atoms with Crippen LogP contribution in [0, 0.1) is 0 Å². The van der Waals surface area contributed by atoms with Gasteiger partial charge >= 0.3 is 0 Å². The van der Waals surface area contributed by atoms with Crippen molar-refractivity contribution in [3.05, 3.63) is 46.5 Å². The standard InChI is InChI=1S/C13H16Cl2N2O/c1-3-7-16-8-12(18)17(2)9-10-5-4-6-11(14)13(10)15/h3-6,16H,1,7-9H2,2H3. The number of hydrogen-bond donors (Lipinski definition) is 1. The maximum Gasteiger partial charge on any atom is 0.236 e. The molecule has 0 heterocycles. The van der Waals surface area contributed by atoms with Gasteiger partial charge in [0.25, 0.3) is 0 Å². The number of rotatable bonds is 6. The third kappa shape index (κ3) is 4.33. The summed E-state index contributed by atoms with van der Waals surface area (Å²) in [5, 5.41) is 3.96. The predicted molar refractivity (Wildman–Crippen MR) is 76.0 cm³/mol. The van der Waals surface area contributed by atoms with Crippen molar-refractivity contribution in [2.24, 2.45) is 0 Å². The first kappa shape index (κ1) is 15.0. The number of halogens is 2. The van der Waals surface area contributed by atoms with Crippen molar-refractivity contribution in [2.45, 2.75) is 6.54 Å². The minimum absolute atomic E-state index is 0.00658. The maximum absolute atomic E-state index is 11.8. The number of amides is 1. The molecule has 1 aromatic carbocycles. The molecule has 0 radical (unpaired) electrons. The van der Waals surface area contributed by atoms with Crippen LogP contribution >= 0.6 is 23.2 Å². The van der Waals surface area contributed by atoms with Gasteiger partial charge in [0, 0.05) is 20.1 Å². The summed E-state index contributed by atoms with van der Waals surface area (Å²) in [6, 6.07) is 5.40. The van der Waals surface area contributed by atoms with Crippen LogP contribution in [0.5, 0.6) is 0 Å². The van der Waals surface area contributed by atoms with Crippen LogP contribution in [-0.4, -0.2) is 30.9 Å². The molecule has 0 atom stereocenters. The molecule has 0 saturated carbocycles. The van der Waals surface area contributed by atoms with Crippen LogP contribution in [0.15, 0.2) is 30.9 Å². The van der Waals surface area contributed by atoms with Gasteiger partial charge in [0.2, 0.25) is 5.91 Å². The Kier molecular flexibility index (Phi) is 6.19. The van der Waals surface area contributed by atoms with Crippen molar-refractivity contribution in [3.63, 3.8) is 0 Å². The monoisotopic (exact) mass is 286 g/mol. The highest BCUT2D eigenvalue weighted by Gasteiger charge is 2.11. The van der Waals surface area contributed by atoms with Gasteiger partial charge in [-0.1, -0.05) is 41.4 Å². The van der Waals surface area contributed by atoms with Crippen molar-refractivity contribution in [1.29, 1.82) is 0 Å². The summed E-state index contributed by atoms with van der Waals surface area (Å²) in [7, 11) is 1.73.